The van der Waals surface area contributed by atoms with Gasteiger partial charge >= 0.3 is 11.9 Å². The van der Waals surface area contributed by atoms with Crippen LogP contribution in [0, 0.1) is 0 Å². The van der Waals surface area contributed by atoms with Gasteiger partial charge in [0.15, 0.2) is 0 Å². The van der Waals surface area contributed by atoms with Crippen LogP contribution < -0.4 is 5.69 Å². The lowest BCUT2D eigenvalue weighted by Crippen LogP contribution is -2.22. The zero-order valence-electron chi connectivity index (χ0n) is 9.81. The van der Waals surface area contributed by atoms with Crippen molar-refractivity contribution >= 4 is 46.8 Å². The van der Waals surface area contributed by atoms with Crippen molar-refractivity contribution in [1.82, 2.24) is 13.8 Å². The Morgan fingerprint density at radius 1 is 1.10 bits per heavy atom. The summed E-state index contributed by atoms with van der Waals surface area (Å²) in [6, 6.07) is 4.02. The summed E-state index contributed by atoms with van der Waals surface area (Å²) < 4.78 is 37.4. The molecule has 0 aliphatic carbocycles. The normalized spacial score (nSPS) is 12.7. The highest BCUT2D eigenvalue weighted by Crippen LogP contribution is 2.38. The van der Waals surface area contributed by atoms with E-state index in [4.69, 9.17) is 34.8 Å². The largest absolute Gasteiger partial charge is 0.416 e. The molecule has 0 bridgehead atoms. The summed E-state index contributed by atoms with van der Waals surface area (Å²) in [5.74, 6) is 0. The highest BCUT2D eigenvalue weighted by atomic mass is 35.6. The van der Waals surface area contributed by atoms with E-state index in [-0.39, 0.29) is 5.69 Å². The predicted molar refractivity (Wildman–Crippen MR) is 76.1 cm³/mol. The third-order valence-corrected chi connectivity index (χ3v) is 3.56. The second kappa shape index (κ2) is 5.75. The van der Waals surface area contributed by atoms with Crippen LogP contribution in [-0.2, 0) is 6.18 Å². The molecule has 0 amide bonds. The fraction of sp³-hybridized carbons (Fsp3) is 0.200. The molecule has 0 radical (unpaired) electrons. The molecule has 4 nitrogen and oxygen atoms in total. The van der Waals surface area contributed by atoms with Gasteiger partial charge in [0.1, 0.15) is 6.33 Å². The predicted octanol–water partition coefficient (Wildman–Crippen LogP) is 3.88. The van der Waals surface area contributed by atoms with Crippen molar-refractivity contribution in [3.63, 3.8) is 0 Å². The van der Waals surface area contributed by atoms with Crippen molar-refractivity contribution in [2.75, 3.05) is 0 Å². The smallest absolute Gasteiger partial charge is 0.249 e. The third kappa shape index (κ3) is 4.09. The minimum atomic E-state index is -4.45. The van der Waals surface area contributed by atoms with E-state index in [9.17, 15) is 18.0 Å². The van der Waals surface area contributed by atoms with Crippen LogP contribution in [0.25, 0.3) is 5.69 Å². The Bertz CT molecular complexity index is 691. The van der Waals surface area contributed by atoms with Crippen molar-refractivity contribution < 1.29 is 13.2 Å². The molecule has 0 saturated carbocycles. The number of nitrogens with zero attached hydrogens (tertiary/aromatic N) is 3. The lowest BCUT2D eigenvalue weighted by Gasteiger charge is -2.08. The fourth-order valence-corrected chi connectivity index (χ4v) is 2.48. The highest BCUT2D eigenvalue weighted by Gasteiger charge is 2.30. The van der Waals surface area contributed by atoms with Crippen LogP contribution >= 0.6 is 46.8 Å². The molecule has 0 aliphatic heterocycles. The van der Waals surface area contributed by atoms with Gasteiger partial charge in [-0.2, -0.15) is 13.2 Å². The lowest BCUT2D eigenvalue weighted by atomic mass is 10.2. The van der Waals surface area contributed by atoms with Crippen LogP contribution in [0.2, 0.25) is 0 Å². The molecule has 0 aliphatic rings. The zero-order chi connectivity index (χ0) is 15.8. The first-order valence-corrected chi connectivity index (χ1v) is 7.09. The molecular formula is C10H5Cl3F3N3OS. The van der Waals surface area contributed by atoms with Gasteiger partial charge in [0.05, 0.1) is 11.3 Å². The van der Waals surface area contributed by atoms with Crippen molar-refractivity contribution in [2.45, 2.75) is 9.30 Å². The van der Waals surface area contributed by atoms with Gasteiger partial charge < -0.3 is 0 Å². The molecule has 0 unspecified atom stereocenters. The van der Waals surface area contributed by atoms with Gasteiger partial charge in [-0.3, -0.25) is 0 Å². The van der Waals surface area contributed by atoms with E-state index >= 15 is 0 Å². The average molecular weight is 379 g/mol. The van der Waals surface area contributed by atoms with E-state index in [0.29, 0.717) is 11.9 Å². The standard InChI is InChI=1S/C10H5Cl3F3N3OS/c11-10(12,13)21-19-8(20)18(5-17-19)7-3-1-6(2-4-7)9(14,15)16/h1-5H. The Hall–Kier alpha value is -0.830. The molecule has 114 valence electrons. The SMILES string of the molecule is O=c1n(-c2ccc(C(F)(F)F)cc2)cnn1SC(Cl)(Cl)Cl. The van der Waals surface area contributed by atoms with Gasteiger partial charge in [0.2, 0.25) is 0 Å². The molecule has 0 fully saturated rings. The summed E-state index contributed by atoms with van der Waals surface area (Å²) in [5.41, 5.74) is -1.27. The molecule has 2 rings (SSSR count). The Labute approximate surface area is 135 Å². The molecule has 11 heteroatoms. The van der Waals surface area contributed by atoms with Crippen molar-refractivity contribution in [1.29, 1.82) is 0 Å². The molecule has 2 aromatic rings. The molecule has 21 heavy (non-hydrogen) atoms. The van der Waals surface area contributed by atoms with E-state index < -0.39 is 20.6 Å². The van der Waals surface area contributed by atoms with Gasteiger partial charge in [-0.15, -0.1) is 9.19 Å². The lowest BCUT2D eigenvalue weighted by molar-refractivity contribution is -0.137. The number of halogens is 6. The van der Waals surface area contributed by atoms with Crippen molar-refractivity contribution in [2.24, 2.45) is 0 Å². The molecule has 1 aromatic carbocycles. The van der Waals surface area contributed by atoms with E-state index in [2.05, 4.69) is 5.10 Å². The molecule has 0 atom stereocenters. The fourth-order valence-electron chi connectivity index (χ4n) is 1.44. The summed E-state index contributed by atoms with van der Waals surface area (Å²) in [6.45, 7) is 0. The summed E-state index contributed by atoms with van der Waals surface area (Å²) in [4.78, 5) is 12.0. The Morgan fingerprint density at radius 2 is 1.67 bits per heavy atom. The minimum Gasteiger partial charge on any atom is -0.249 e. The van der Waals surface area contributed by atoms with Gasteiger partial charge in [-0.05, 0) is 24.3 Å². The number of rotatable bonds is 2. The first-order chi connectivity index (χ1) is 9.58. The van der Waals surface area contributed by atoms with Gasteiger partial charge in [-0.25, -0.2) is 9.36 Å². The van der Waals surface area contributed by atoms with E-state index in [1.807, 2.05) is 0 Å². The van der Waals surface area contributed by atoms with Crippen LogP contribution in [0.3, 0.4) is 0 Å². The minimum absolute atomic E-state index is 0.212. The maximum Gasteiger partial charge on any atom is 0.416 e. The quantitative estimate of drug-likeness (QED) is 0.745. The number of hydrogen-bond acceptors (Lipinski definition) is 3. The molecular weight excluding hydrogens is 374 g/mol. The van der Waals surface area contributed by atoms with Gasteiger partial charge in [-0.1, -0.05) is 34.8 Å². The second-order valence-electron chi connectivity index (χ2n) is 3.74. The highest BCUT2D eigenvalue weighted by molar-refractivity contribution is 8.03. The number of hydrogen-bond donors (Lipinski definition) is 0. The maximum absolute atomic E-state index is 12.5. The molecule has 0 saturated heterocycles. The topological polar surface area (TPSA) is 39.8 Å². The average Bonchev–Trinajstić information content (AvgIpc) is 2.68. The molecule has 0 N–H and O–H groups in total. The summed E-state index contributed by atoms with van der Waals surface area (Å²) in [7, 11) is 0. The van der Waals surface area contributed by atoms with Crippen LogP contribution in [0.5, 0.6) is 0 Å². The Kier molecular flexibility index (Phi) is 4.53. The van der Waals surface area contributed by atoms with Crippen LogP contribution in [0.15, 0.2) is 35.4 Å². The number of alkyl halides is 6. The van der Waals surface area contributed by atoms with Gasteiger partial charge in [0, 0.05) is 11.9 Å². The zero-order valence-corrected chi connectivity index (χ0v) is 12.9. The first-order valence-electron chi connectivity index (χ1n) is 5.18. The monoisotopic (exact) mass is 377 g/mol. The van der Waals surface area contributed by atoms with Crippen molar-refractivity contribution in [3.8, 4) is 5.69 Å². The van der Waals surface area contributed by atoms with E-state index in [1.54, 1.807) is 0 Å². The van der Waals surface area contributed by atoms with E-state index in [0.717, 1.165) is 39.2 Å². The van der Waals surface area contributed by atoms with Gasteiger partial charge in [0.25, 0.3) is 3.12 Å². The number of benzene rings is 1. The summed E-state index contributed by atoms with van der Waals surface area (Å²) >= 11 is 17.1. The Balaban J connectivity index is 2.34. The van der Waals surface area contributed by atoms with Crippen LogP contribution in [-0.4, -0.2) is 16.9 Å². The summed E-state index contributed by atoms with van der Waals surface area (Å²) in [6.07, 6.45) is -3.33. The molecule has 1 heterocycles. The molecule has 1 aromatic heterocycles. The van der Waals surface area contributed by atoms with Crippen molar-refractivity contribution in [3.05, 3.63) is 46.6 Å². The Morgan fingerprint density at radius 3 is 2.14 bits per heavy atom. The maximum atomic E-state index is 12.5. The first kappa shape index (κ1) is 16.5. The summed E-state index contributed by atoms with van der Waals surface area (Å²) in [5, 5.41) is 3.70. The van der Waals surface area contributed by atoms with Crippen LogP contribution in [0.1, 0.15) is 5.56 Å². The molecule has 0 spiro atoms. The third-order valence-electron chi connectivity index (χ3n) is 2.30. The van der Waals surface area contributed by atoms with E-state index in [1.165, 1.54) is 0 Å². The van der Waals surface area contributed by atoms with Crippen LogP contribution in [0.4, 0.5) is 13.2 Å². The second-order valence-corrected chi connectivity index (χ2v) is 7.83. The number of aromatic nitrogens is 3.